The molecule has 2 saturated heterocycles. The zero-order chi connectivity index (χ0) is 14.1. The molecule has 0 aromatic carbocycles. The standard InChI is InChI=1S/C15H21BrN2OS/c1-17-12(13-5-6-14(16)20-13)9-11(15(17)19)10-18-7-3-2-4-8-18/h5-6,11-12H,2-4,7-10H2,1H3. The van der Waals surface area contributed by atoms with Crippen LogP contribution in [0.4, 0.5) is 0 Å². The Bertz CT molecular complexity index is 484. The fraction of sp³-hybridized carbons (Fsp3) is 0.667. The van der Waals surface area contributed by atoms with Crippen molar-refractivity contribution < 1.29 is 4.79 Å². The number of carbonyl (C=O) groups is 1. The third kappa shape index (κ3) is 2.95. The van der Waals surface area contributed by atoms with E-state index in [1.54, 1.807) is 11.3 Å². The van der Waals surface area contributed by atoms with E-state index in [4.69, 9.17) is 0 Å². The Balaban J connectivity index is 1.67. The normalized spacial score (nSPS) is 28.3. The number of nitrogens with zero attached hydrogens (tertiary/aromatic N) is 2. The Labute approximate surface area is 133 Å². The molecule has 0 N–H and O–H groups in total. The van der Waals surface area contributed by atoms with Gasteiger partial charge in [0.15, 0.2) is 0 Å². The third-order valence-corrected chi connectivity index (χ3v) is 6.25. The number of amides is 1. The summed E-state index contributed by atoms with van der Waals surface area (Å²) in [5.74, 6) is 0.508. The van der Waals surface area contributed by atoms with Gasteiger partial charge >= 0.3 is 0 Å². The zero-order valence-corrected chi connectivity index (χ0v) is 14.3. The molecule has 5 heteroatoms. The van der Waals surface area contributed by atoms with Crippen molar-refractivity contribution in [3.05, 3.63) is 20.8 Å². The molecule has 3 rings (SSSR count). The van der Waals surface area contributed by atoms with Gasteiger partial charge in [-0.1, -0.05) is 6.42 Å². The van der Waals surface area contributed by atoms with E-state index in [-0.39, 0.29) is 12.0 Å². The molecule has 2 aliphatic heterocycles. The van der Waals surface area contributed by atoms with Crippen LogP contribution in [0.5, 0.6) is 0 Å². The van der Waals surface area contributed by atoms with Crippen LogP contribution in [-0.4, -0.2) is 42.4 Å². The second-order valence-corrected chi connectivity index (χ2v) is 8.40. The van der Waals surface area contributed by atoms with Crippen molar-refractivity contribution in [2.24, 2.45) is 5.92 Å². The SMILES string of the molecule is CN1C(=O)C(CN2CCCCC2)CC1c1ccc(Br)s1. The molecule has 1 aromatic rings. The Morgan fingerprint density at radius 2 is 2.05 bits per heavy atom. The molecule has 2 aliphatic rings. The maximum absolute atomic E-state index is 12.5. The second kappa shape index (κ2) is 6.16. The summed E-state index contributed by atoms with van der Waals surface area (Å²) >= 11 is 5.26. The summed E-state index contributed by atoms with van der Waals surface area (Å²) in [6.45, 7) is 3.29. The quantitative estimate of drug-likeness (QED) is 0.827. The minimum atomic E-state index is 0.184. The summed E-state index contributed by atoms with van der Waals surface area (Å²) in [5, 5.41) is 0. The van der Waals surface area contributed by atoms with Gasteiger partial charge in [0.05, 0.1) is 15.7 Å². The second-order valence-electron chi connectivity index (χ2n) is 5.90. The van der Waals surface area contributed by atoms with Gasteiger partial charge in [-0.25, -0.2) is 0 Å². The highest BCUT2D eigenvalue weighted by molar-refractivity contribution is 9.11. The van der Waals surface area contributed by atoms with E-state index >= 15 is 0 Å². The summed E-state index contributed by atoms with van der Waals surface area (Å²) in [7, 11) is 1.96. The van der Waals surface area contributed by atoms with Gasteiger partial charge in [-0.05, 0) is 60.4 Å². The Kier molecular flexibility index (Phi) is 4.48. The number of hydrogen-bond acceptors (Lipinski definition) is 3. The van der Waals surface area contributed by atoms with Gasteiger partial charge in [-0.3, -0.25) is 4.79 Å². The highest BCUT2D eigenvalue weighted by Gasteiger charge is 2.39. The van der Waals surface area contributed by atoms with Crippen LogP contribution >= 0.6 is 27.3 Å². The molecule has 2 unspecified atom stereocenters. The van der Waals surface area contributed by atoms with E-state index < -0.39 is 0 Å². The van der Waals surface area contributed by atoms with Crippen LogP contribution in [0.15, 0.2) is 15.9 Å². The lowest BCUT2D eigenvalue weighted by atomic mass is 10.0. The number of rotatable bonds is 3. The number of thiophene rings is 1. The molecule has 2 atom stereocenters. The number of hydrogen-bond donors (Lipinski definition) is 0. The molecule has 0 bridgehead atoms. The van der Waals surface area contributed by atoms with Gasteiger partial charge in [0.1, 0.15) is 0 Å². The first-order chi connectivity index (χ1) is 9.65. The number of likely N-dealkylation sites (tertiary alicyclic amines) is 2. The maximum Gasteiger partial charge on any atom is 0.227 e. The number of piperidine rings is 1. The summed E-state index contributed by atoms with van der Waals surface area (Å²) in [6, 6.07) is 4.50. The monoisotopic (exact) mass is 356 g/mol. The van der Waals surface area contributed by atoms with Gasteiger partial charge in [-0.2, -0.15) is 0 Å². The van der Waals surface area contributed by atoms with Gasteiger partial charge in [0.25, 0.3) is 0 Å². The van der Waals surface area contributed by atoms with Crippen molar-refractivity contribution in [3.8, 4) is 0 Å². The fourth-order valence-corrected chi connectivity index (χ4v) is 4.97. The van der Waals surface area contributed by atoms with E-state index in [9.17, 15) is 4.79 Å². The van der Waals surface area contributed by atoms with Gasteiger partial charge in [-0.15, -0.1) is 11.3 Å². The predicted molar refractivity (Wildman–Crippen MR) is 85.9 cm³/mol. The van der Waals surface area contributed by atoms with Gasteiger partial charge in [0, 0.05) is 18.5 Å². The molecule has 0 aliphatic carbocycles. The third-order valence-electron chi connectivity index (χ3n) is 4.52. The van der Waals surface area contributed by atoms with Crippen LogP contribution in [0.3, 0.4) is 0 Å². The van der Waals surface area contributed by atoms with Gasteiger partial charge < -0.3 is 9.80 Å². The lowest BCUT2D eigenvalue weighted by Gasteiger charge is -2.28. The fourth-order valence-electron chi connectivity index (χ4n) is 3.39. The first-order valence-corrected chi connectivity index (χ1v) is 9.00. The molecular formula is C15H21BrN2OS. The topological polar surface area (TPSA) is 23.6 Å². The average Bonchev–Trinajstić information content (AvgIpc) is 2.99. The average molecular weight is 357 g/mol. The van der Waals surface area contributed by atoms with E-state index in [1.807, 2.05) is 11.9 Å². The first-order valence-electron chi connectivity index (χ1n) is 7.39. The highest BCUT2D eigenvalue weighted by Crippen LogP contribution is 2.39. The molecule has 1 amide bonds. The summed E-state index contributed by atoms with van der Waals surface area (Å²) in [6.07, 6.45) is 4.90. The van der Waals surface area contributed by atoms with E-state index in [0.29, 0.717) is 5.91 Å². The van der Waals surface area contributed by atoms with Crippen molar-refractivity contribution in [2.45, 2.75) is 31.7 Å². The molecule has 2 fully saturated rings. The highest BCUT2D eigenvalue weighted by atomic mass is 79.9. The molecule has 0 spiro atoms. The van der Waals surface area contributed by atoms with Crippen LogP contribution in [0.25, 0.3) is 0 Å². The Morgan fingerprint density at radius 3 is 2.70 bits per heavy atom. The van der Waals surface area contributed by atoms with Crippen LogP contribution in [0.1, 0.15) is 36.6 Å². The molecule has 3 nitrogen and oxygen atoms in total. The first kappa shape index (κ1) is 14.5. The van der Waals surface area contributed by atoms with E-state index in [2.05, 4.69) is 33.0 Å². The Hall–Kier alpha value is -0.390. The minimum absolute atomic E-state index is 0.184. The van der Waals surface area contributed by atoms with Crippen molar-refractivity contribution in [2.75, 3.05) is 26.7 Å². The lowest BCUT2D eigenvalue weighted by Crippen LogP contribution is -2.36. The maximum atomic E-state index is 12.5. The predicted octanol–water partition coefficient (Wildman–Crippen LogP) is 3.52. The van der Waals surface area contributed by atoms with Crippen LogP contribution in [0, 0.1) is 5.92 Å². The molecule has 20 heavy (non-hydrogen) atoms. The largest absolute Gasteiger partial charge is 0.338 e. The molecular weight excluding hydrogens is 336 g/mol. The Morgan fingerprint density at radius 1 is 1.30 bits per heavy atom. The number of carbonyl (C=O) groups excluding carboxylic acids is 1. The molecule has 1 aromatic heterocycles. The summed E-state index contributed by atoms with van der Waals surface area (Å²) < 4.78 is 1.15. The van der Waals surface area contributed by atoms with Crippen LogP contribution < -0.4 is 0 Å². The molecule has 3 heterocycles. The smallest absolute Gasteiger partial charge is 0.227 e. The van der Waals surface area contributed by atoms with Crippen molar-refractivity contribution >= 4 is 33.2 Å². The molecule has 0 radical (unpaired) electrons. The minimum Gasteiger partial charge on any atom is -0.338 e. The van der Waals surface area contributed by atoms with Crippen LogP contribution in [-0.2, 0) is 4.79 Å². The van der Waals surface area contributed by atoms with Gasteiger partial charge in [0.2, 0.25) is 5.91 Å². The van der Waals surface area contributed by atoms with Crippen molar-refractivity contribution in [3.63, 3.8) is 0 Å². The van der Waals surface area contributed by atoms with E-state index in [1.165, 1.54) is 37.2 Å². The van der Waals surface area contributed by atoms with E-state index in [0.717, 1.165) is 16.8 Å². The van der Waals surface area contributed by atoms with Crippen molar-refractivity contribution in [1.82, 2.24) is 9.80 Å². The zero-order valence-electron chi connectivity index (χ0n) is 11.8. The van der Waals surface area contributed by atoms with Crippen LogP contribution in [0.2, 0.25) is 0 Å². The van der Waals surface area contributed by atoms with Crippen molar-refractivity contribution in [1.29, 1.82) is 0 Å². The molecule has 0 saturated carbocycles. The lowest BCUT2D eigenvalue weighted by molar-refractivity contribution is -0.131. The number of halogens is 1. The summed E-state index contributed by atoms with van der Waals surface area (Å²) in [4.78, 5) is 18.2. The molecule has 110 valence electrons. The summed E-state index contributed by atoms with van der Waals surface area (Å²) in [5.41, 5.74) is 0.